The van der Waals surface area contributed by atoms with Crippen molar-refractivity contribution < 1.29 is 13.9 Å². The molecule has 1 unspecified atom stereocenters. The Labute approximate surface area is 185 Å². The van der Waals surface area contributed by atoms with Gasteiger partial charge in [-0.2, -0.15) is 0 Å². The highest BCUT2D eigenvalue weighted by atomic mass is 16.5. The summed E-state index contributed by atoms with van der Waals surface area (Å²) in [6.07, 6.45) is 0. The van der Waals surface area contributed by atoms with Gasteiger partial charge in [0.2, 0.25) is 5.76 Å². The second-order valence-corrected chi connectivity index (χ2v) is 8.00. The number of fused-ring (bicyclic) bond motifs is 2. The van der Waals surface area contributed by atoms with Crippen LogP contribution in [0, 0.1) is 6.92 Å². The fourth-order valence-corrected chi connectivity index (χ4v) is 4.31. The minimum absolute atomic E-state index is 0.118. The van der Waals surface area contributed by atoms with Crippen molar-refractivity contribution in [2.45, 2.75) is 26.4 Å². The third-order valence-electron chi connectivity index (χ3n) is 5.83. The zero-order valence-corrected chi connectivity index (χ0v) is 18.0. The molecule has 1 aromatic heterocycles. The molecule has 1 aliphatic heterocycles. The Morgan fingerprint density at radius 2 is 1.75 bits per heavy atom. The lowest BCUT2D eigenvalue weighted by atomic mass is 9.98. The maximum absolute atomic E-state index is 13.5. The molecule has 0 saturated heterocycles. The van der Waals surface area contributed by atoms with Gasteiger partial charge in [0.25, 0.3) is 5.91 Å². The van der Waals surface area contributed by atoms with Crippen molar-refractivity contribution in [3.05, 3.63) is 111 Å². The van der Waals surface area contributed by atoms with Crippen LogP contribution in [0.3, 0.4) is 0 Å². The fourth-order valence-electron chi connectivity index (χ4n) is 4.31. The summed E-state index contributed by atoms with van der Waals surface area (Å²) >= 11 is 0. The molecule has 1 aliphatic rings. The Bertz CT molecular complexity index is 1370. The van der Waals surface area contributed by atoms with Gasteiger partial charge < -0.3 is 14.1 Å². The number of benzene rings is 3. The van der Waals surface area contributed by atoms with E-state index >= 15 is 0 Å². The number of ether oxygens (including phenoxy) is 1. The highest BCUT2D eigenvalue weighted by Crippen LogP contribution is 2.40. The molecule has 0 N–H and O–H groups in total. The van der Waals surface area contributed by atoms with Crippen LogP contribution in [-0.4, -0.2) is 17.4 Å². The lowest BCUT2D eigenvalue weighted by molar-refractivity contribution is 0.0714. The summed E-state index contributed by atoms with van der Waals surface area (Å²) in [4.78, 5) is 28.8. The smallest absolute Gasteiger partial charge is 0.291 e. The number of hydrogen-bond donors (Lipinski definition) is 0. The number of para-hydroxylation sites is 1. The van der Waals surface area contributed by atoms with Crippen LogP contribution in [-0.2, 0) is 6.54 Å². The molecule has 5 rings (SSSR count). The summed E-state index contributed by atoms with van der Waals surface area (Å²) in [5.41, 5.74) is 3.58. The van der Waals surface area contributed by atoms with Crippen LogP contribution < -0.4 is 10.2 Å². The molecule has 0 fully saturated rings. The number of nitrogens with zero attached hydrogens (tertiary/aromatic N) is 1. The van der Waals surface area contributed by atoms with Crippen molar-refractivity contribution in [1.82, 2.24) is 4.90 Å². The first-order valence-electron chi connectivity index (χ1n) is 10.7. The quantitative estimate of drug-likeness (QED) is 0.438. The van der Waals surface area contributed by atoms with E-state index in [4.69, 9.17) is 9.15 Å². The molecule has 0 bridgehead atoms. The number of rotatable bonds is 5. The maximum atomic E-state index is 13.5. The van der Waals surface area contributed by atoms with Crippen LogP contribution >= 0.6 is 0 Å². The van der Waals surface area contributed by atoms with Crippen molar-refractivity contribution in [3.8, 4) is 5.75 Å². The lowest BCUT2D eigenvalue weighted by Gasteiger charge is -2.25. The molecule has 160 valence electrons. The van der Waals surface area contributed by atoms with Crippen molar-refractivity contribution in [1.29, 1.82) is 0 Å². The maximum Gasteiger partial charge on any atom is 0.291 e. The van der Waals surface area contributed by atoms with E-state index in [1.165, 1.54) is 0 Å². The molecule has 0 saturated carbocycles. The Balaban J connectivity index is 1.70. The molecule has 4 aromatic rings. The van der Waals surface area contributed by atoms with Crippen molar-refractivity contribution >= 4 is 16.9 Å². The highest BCUT2D eigenvalue weighted by Gasteiger charge is 2.42. The van der Waals surface area contributed by atoms with E-state index in [1.54, 1.807) is 29.2 Å². The number of carbonyl (C=O) groups is 1. The molecule has 1 amide bonds. The molecular formula is C27H23NO4. The van der Waals surface area contributed by atoms with Gasteiger partial charge in [0.15, 0.2) is 5.43 Å². The van der Waals surface area contributed by atoms with Gasteiger partial charge in [-0.1, -0.05) is 54.1 Å². The monoisotopic (exact) mass is 425 g/mol. The summed E-state index contributed by atoms with van der Waals surface area (Å²) in [6.45, 7) is 4.84. The van der Waals surface area contributed by atoms with Crippen LogP contribution in [0.4, 0.5) is 0 Å². The Morgan fingerprint density at radius 1 is 0.969 bits per heavy atom. The Kier molecular flexibility index (Phi) is 5.02. The summed E-state index contributed by atoms with van der Waals surface area (Å²) in [5, 5.41) is 0.474. The minimum atomic E-state index is -0.555. The normalized spacial score (nSPS) is 15.2. The van der Waals surface area contributed by atoms with E-state index in [-0.39, 0.29) is 17.1 Å². The first-order chi connectivity index (χ1) is 15.6. The fraction of sp³-hybridized carbons (Fsp3) is 0.185. The van der Waals surface area contributed by atoms with E-state index in [1.807, 2.05) is 62.4 Å². The predicted octanol–water partition coefficient (Wildman–Crippen LogP) is 5.25. The minimum Gasteiger partial charge on any atom is -0.494 e. The first-order valence-corrected chi connectivity index (χ1v) is 10.7. The van der Waals surface area contributed by atoms with Gasteiger partial charge in [-0.25, -0.2) is 0 Å². The van der Waals surface area contributed by atoms with Crippen LogP contribution in [0.15, 0.2) is 82.0 Å². The average molecular weight is 425 g/mol. The molecule has 0 aliphatic carbocycles. The standard InChI is InChI=1S/C27H23NO4/c1-3-31-20-8-6-7-19(15-20)24-23-25(29)21-9-4-5-10-22(21)32-26(23)27(30)28(24)16-18-13-11-17(2)12-14-18/h4-15,24H,3,16H2,1-2H3. The molecule has 2 heterocycles. The van der Waals surface area contributed by atoms with E-state index < -0.39 is 6.04 Å². The van der Waals surface area contributed by atoms with Gasteiger partial charge in [-0.3, -0.25) is 9.59 Å². The molecule has 5 nitrogen and oxygen atoms in total. The van der Waals surface area contributed by atoms with Gasteiger partial charge >= 0.3 is 0 Å². The first kappa shape index (κ1) is 20.1. The summed E-state index contributed by atoms with van der Waals surface area (Å²) in [6, 6.07) is 22.1. The SMILES string of the molecule is CCOc1cccc(C2c3c(oc4ccccc4c3=O)C(=O)N2Cc2ccc(C)cc2)c1. The zero-order chi connectivity index (χ0) is 22.2. The second kappa shape index (κ2) is 8.00. The molecule has 32 heavy (non-hydrogen) atoms. The van der Waals surface area contributed by atoms with Crippen molar-refractivity contribution in [3.63, 3.8) is 0 Å². The predicted molar refractivity (Wildman–Crippen MR) is 123 cm³/mol. The van der Waals surface area contributed by atoms with Crippen LogP contribution in [0.2, 0.25) is 0 Å². The molecule has 3 aromatic carbocycles. The summed E-state index contributed by atoms with van der Waals surface area (Å²) < 4.78 is 11.7. The summed E-state index contributed by atoms with van der Waals surface area (Å²) in [5.74, 6) is 0.536. The topological polar surface area (TPSA) is 59.8 Å². The van der Waals surface area contributed by atoms with Crippen molar-refractivity contribution in [2.24, 2.45) is 0 Å². The van der Waals surface area contributed by atoms with Gasteiger partial charge in [0.05, 0.1) is 23.6 Å². The van der Waals surface area contributed by atoms with Crippen LogP contribution in [0.5, 0.6) is 5.75 Å². The number of hydrogen-bond acceptors (Lipinski definition) is 4. The van der Waals surface area contributed by atoms with Crippen molar-refractivity contribution in [2.75, 3.05) is 6.61 Å². The average Bonchev–Trinajstić information content (AvgIpc) is 3.08. The van der Waals surface area contributed by atoms with E-state index in [9.17, 15) is 9.59 Å². The van der Waals surface area contributed by atoms with Gasteiger partial charge in [-0.15, -0.1) is 0 Å². The largest absolute Gasteiger partial charge is 0.494 e. The van der Waals surface area contributed by atoms with Gasteiger partial charge in [0, 0.05) is 6.54 Å². The Hall–Kier alpha value is -3.86. The van der Waals surface area contributed by atoms with Crippen LogP contribution in [0.25, 0.3) is 11.0 Å². The van der Waals surface area contributed by atoms with Gasteiger partial charge in [-0.05, 0) is 49.2 Å². The molecule has 5 heteroatoms. The molecule has 0 radical (unpaired) electrons. The third-order valence-corrected chi connectivity index (χ3v) is 5.83. The Morgan fingerprint density at radius 3 is 2.53 bits per heavy atom. The van der Waals surface area contributed by atoms with E-state index in [0.717, 1.165) is 16.7 Å². The van der Waals surface area contributed by atoms with E-state index in [2.05, 4.69) is 0 Å². The van der Waals surface area contributed by atoms with Crippen LogP contribution in [0.1, 0.15) is 45.8 Å². The highest BCUT2D eigenvalue weighted by molar-refractivity contribution is 5.99. The second-order valence-electron chi connectivity index (χ2n) is 8.00. The van der Waals surface area contributed by atoms with Gasteiger partial charge in [0.1, 0.15) is 11.3 Å². The third kappa shape index (κ3) is 3.36. The molecular weight excluding hydrogens is 402 g/mol. The van der Waals surface area contributed by atoms with E-state index in [0.29, 0.717) is 35.4 Å². The lowest BCUT2D eigenvalue weighted by Crippen LogP contribution is -2.29. The number of aryl methyl sites for hydroxylation is 1. The molecule has 0 spiro atoms. The molecule has 1 atom stereocenters. The zero-order valence-electron chi connectivity index (χ0n) is 18.0. The number of amides is 1. The number of carbonyl (C=O) groups excluding carboxylic acids is 1. The summed E-state index contributed by atoms with van der Waals surface area (Å²) in [7, 11) is 0.